The van der Waals surface area contributed by atoms with Gasteiger partial charge in [0.15, 0.2) is 5.78 Å². The van der Waals surface area contributed by atoms with Crippen LogP contribution in [-0.2, 0) is 14.3 Å². The second-order valence-corrected chi connectivity index (χ2v) is 2.23. The van der Waals surface area contributed by atoms with E-state index >= 15 is 0 Å². The fraction of sp³-hybridized carbons (Fsp3) is 0.714. The number of nitrogens with two attached hydrogens (primary N) is 1. The Hall–Kier alpha value is -0.900. The maximum Gasteiger partial charge on any atom is 0.313 e. The summed E-state index contributed by atoms with van der Waals surface area (Å²) in [5, 5.41) is 0. The summed E-state index contributed by atoms with van der Waals surface area (Å²) in [6, 6.07) is -0.533. The van der Waals surface area contributed by atoms with Gasteiger partial charge in [0, 0.05) is 0 Å². The van der Waals surface area contributed by atoms with Crippen LogP contribution in [0.1, 0.15) is 19.8 Å². The molecule has 0 aromatic rings. The summed E-state index contributed by atoms with van der Waals surface area (Å²) < 4.78 is 4.30. The highest BCUT2D eigenvalue weighted by Gasteiger charge is 2.15. The largest absolute Gasteiger partial charge is 0.469 e. The topological polar surface area (TPSA) is 69.4 Å². The van der Waals surface area contributed by atoms with Gasteiger partial charge in [-0.25, -0.2) is 0 Å². The number of Topliss-reactive ketones (excluding diaryl/α,β-unsaturated/α-hetero) is 1. The Morgan fingerprint density at radius 1 is 1.55 bits per heavy atom. The number of hydrogen-bond donors (Lipinski definition) is 1. The molecular formula is C7H13NO3. The number of methoxy groups -OCH3 is 1. The summed E-state index contributed by atoms with van der Waals surface area (Å²) in [6.45, 7) is 1.79. The smallest absolute Gasteiger partial charge is 0.313 e. The van der Waals surface area contributed by atoms with Crippen molar-refractivity contribution in [3.8, 4) is 0 Å². The lowest BCUT2D eigenvalue weighted by atomic mass is 10.1. The normalized spacial score (nSPS) is 12.3. The molecule has 0 radical (unpaired) electrons. The first-order chi connectivity index (χ1) is 5.11. The molecule has 0 amide bonds. The Kier molecular flexibility index (Phi) is 4.45. The van der Waals surface area contributed by atoms with Crippen LogP contribution in [0.4, 0.5) is 0 Å². The highest BCUT2D eigenvalue weighted by molar-refractivity contribution is 5.98. The van der Waals surface area contributed by atoms with Crippen LogP contribution < -0.4 is 5.73 Å². The first kappa shape index (κ1) is 10.1. The summed E-state index contributed by atoms with van der Waals surface area (Å²) >= 11 is 0. The van der Waals surface area contributed by atoms with E-state index in [1.807, 2.05) is 0 Å². The van der Waals surface area contributed by atoms with E-state index in [0.717, 1.165) is 0 Å². The Labute approximate surface area is 65.7 Å². The highest BCUT2D eigenvalue weighted by atomic mass is 16.5. The van der Waals surface area contributed by atoms with Crippen LogP contribution in [0.25, 0.3) is 0 Å². The van der Waals surface area contributed by atoms with Crippen LogP contribution in [0.3, 0.4) is 0 Å². The number of esters is 1. The Morgan fingerprint density at radius 3 is 2.45 bits per heavy atom. The lowest BCUT2D eigenvalue weighted by Gasteiger charge is -2.05. The van der Waals surface area contributed by atoms with Gasteiger partial charge in [0.05, 0.1) is 13.2 Å². The van der Waals surface area contributed by atoms with Crippen molar-refractivity contribution in [2.75, 3.05) is 7.11 Å². The van der Waals surface area contributed by atoms with Gasteiger partial charge in [0.2, 0.25) is 0 Å². The number of hydrogen-bond acceptors (Lipinski definition) is 4. The van der Waals surface area contributed by atoms with Crippen molar-refractivity contribution in [1.82, 2.24) is 0 Å². The summed E-state index contributed by atoms with van der Waals surface area (Å²) in [7, 11) is 1.24. The monoisotopic (exact) mass is 159 g/mol. The molecule has 2 N–H and O–H groups in total. The third-order valence-electron chi connectivity index (χ3n) is 1.40. The molecule has 64 valence electrons. The predicted molar refractivity (Wildman–Crippen MR) is 39.9 cm³/mol. The van der Waals surface area contributed by atoms with Gasteiger partial charge in [-0.2, -0.15) is 0 Å². The molecule has 0 heterocycles. The average Bonchev–Trinajstić information content (AvgIpc) is 2.02. The number of ketones is 1. The molecule has 11 heavy (non-hydrogen) atoms. The van der Waals surface area contributed by atoms with Gasteiger partial charge >= 0.3 is 5.97 Å². The fourth-order valence-corrected chi connectivity index (χ4v) is 0.573. The second-order valence-electron chi connectivity index (χ2n) is 2.23. The van der Waals surface area contributed by atoms with E-state index in [9.17, 15) is 9.59 Å². The first-order valence-corrected chi connectivity index (χ1v) is 3.47. The second kappa shape index (κ2) is 4.85. The maximum atomic E-state index is 10.9. The molecule has 0 fully saturated rings. The summed E-state index contributed by atoms with van der Waals surface area (Å²) in [5.74, 6) is -0.793. The van der Waals surface area contributed by atoms with Gasteiger partial charge in [-0.3, -0.25) is 9.59 Å². The van der Waals surface area contributed by atoms with Gasteiger partial charge in [0.1, 0.15) is 6.42 Å². The molecule has 0 aliphatic heterocycles. The van der Waals surface area contributed by atoms with Crippen LogP contribution in [0.5, 0.6) is 0 Å². The number of ether oxygens (including phenoxy) is 1. The molecule has 0 unspecified atom stereocenters. The molecular weight excluding hydrogens is 146 g/mol. The van der Waals surface area contributed by atoms with Crippen molar-refractivity contribution in [1.29, 1.82) is 0 Å². The molecule has 0 aromatic carbocycles. The van der Waals surface area contributed by atoms with Crippen LogP contribution in [0, 0.1) is 0 Å². The minimum Gasteiger partial charge on any atom is -0.469 e. The third-order valence-corrected chi connectivity index (χ3v) is 1.40. The molecule has 0 aliphatic carbocycles. The van der Waals surface area contributed by atoms with Gasteiger partial charge in [-0.1, -0.05) is 6.92 Å². The average molecular weight is 159 g/mol. The summed E-state index contributed by atoms with van der Waals surface area (Å²) in [6.07, 6.45) is 0.335. The summed E-state index contributed by atoms with van der Waals surface area (Å²) in [4.78, 5) is 21.5. The quantitative estimate of drug-likeness (QED) is 0.457. The van der Waals surface area contributed by atoms with Gasteiger partial charge in [-0.15, -0.1) is 0 Å². The van der Waals surface area contributed by atoms with Crippen molar-refractivity contribution in [2.24, 2.45) is 5.73 Å². The van der Waals surface area contributed by atoms with Crippen LogP contribution in [0.2, 0.25) is 0 Å². The van der Waals surface area contributed by atoms with Crippen molar-refractivity contribution < 1.29 is 14.3 Å². The zero-order valence-corrected chi connectivity index (χ0v) is 6.79. The minimum absolute atomic E-state index is 0.217. The number of rotatable bonds is 4. The number of carbonyl (C=O) groups is 2. The van der Waals surface area contributed by atoms with Crippen molar-refractivity contribution in [2.45, 2.75) is 25.8 Å². The molecule has 0 bridgehead atoms. The van der Waals surface area contributed by atoms with Crippen LogP contribution in [-0.4, -0.2) is 24.9 Å². The Balaban J connectivity index is 3.77. The Bertz CT molecular complexity index is 156. The van der Waals surface area contributed by atoms with E-state index < -0.39 is 12.0 Å². The standard InChI is InChI=1S/C7H13NO3/c1-3-5(8)6(9)4-7(10)11-2/h5H,3-4,8H2,1-2H3/t5-/m0/s1. The van der Waals surface area contributed by atoms with Crippen molar-refractivity contribution in [3.05, 3.63) is 0 Å². The molecule has 4 nitrogen and oxygen atoms in total. The van der Waals surface area contributed by atoms with Gasteiger partial charge in [0.25, 0.3) is 0 Å². The van der Waals surface area contributed by atoms with Gasteiger partial charge in [-0.05, 0) is 6.42 Å². The van der Waals surface area contributed by atoms with E-state index in [1.165, 1.54) is 7.11 Å². The molecule has 0 aliphatic rings. The van der Waals surface area contributed by atoms with E-state index in [1.54, 1.807) is 6.92 Å². The fourth-order valence-electron chi connectivity index (χ4n) is 0.573. The minimum atomic E-state index is -0.533. The van der Waals surface area contributed by atoms with Crippen LogP contribution in [0.15, 0.2) is 0 Å². The molecule has 4 heteroatoms. The zero-order chi connectivity index (χ0) is 8.85. The third kappa shape index (κ3) is 3.72. The molecule has 1 atom stereocenters. The SMILES string of the molecule is CC[C@H](N)C(=O)CC(=O)OC. The van der Waals surface area contributed by atoms with Gasteiger partial charge < -0.3 is 10.5 Å². The lowest BCUT2D eigenvalue weighted by molar-refractivity contribution is -0.143. The molecule has 0 saturated carbocycles. The maximum absolute atomic E-state index is 10.9. The van der Waals surface area contributed by atoms with E-state index in [0.29, 0.717) is 6.42 Å². The number of carbonyl (C=O) groups excluding carboxylic acids is 2. The van der Waals surface area contributed by atoms with E-state index in [2.05, 4.69) is 4.74 Å². The zero-order valence-electron chi connectivity index (χ0n) is 6.79. The van der Waals surface area contributed by atoms with Crippen molar-refractivity contribution in [3.63, 3.8) is 0 Å². The van der Waals surface area contributed by atoms with E-state index in [-0.39, 0.29) is 12.2 Å². The van der Waals surface area contributed by atoms with E-state index in [4.69, 9.17) is 5.73 Å². The molecule has 0 saturated heterocycles. The molecule has 0 spiro atoms. The highest BCUT2D eigenvalue weighted by Crippen LogP contribution is 1.94. The molecule has 0 aromatic heterocycles. The Morgan fingerprint density at radius 2 is 2.09 bits per heavy atom. The first-order valence-electron chi connectivity index (χ1n) is 3.47. The predicted octanol–water partition coefficient (Wildman–Crippen LogP) is -0.144. The molecule has 0 rings (SSSR count). The summed E-state index contributed by atoms with van der Waals surface area (Å²) in [5.41, 5.74) is 5.36. The van der Waals surface area contributed by atoms with Crippen molar-refractivity contribution >= 4 is 11.8 Å². The lowest BCUT2D eigenvalue weighted by Crippen LogP contribution is -2.31. The van der Waals surface area contributed by atoms with Crippen LogP contribution >= 0.6 is 0 Å².